The second-order valence-electron chi connectivity index (χ2n) is 1.45. The number of allylic oxidation sites excluding steroid dienone is 1. The fourth-order valence-electron chi connectivity index (χ4n) is 0.300. The lowest BCUT2D eigenvalue weighted by Gasteiger charge is -1.86. The molecule has 0 aromatic carbocycles. The second kappa shape index (κ2) is 10.4. The fraction of sp³-hybridized carbons (Fsp3) is 0.625. The first kappa shape index (κ1) is 11.2. The predicted molar refractivity (Wildman–Crippen MR) is 45.2 cm³/mol. The average Bonchev–Trinajstić information content (AvgIpc) is 1.93. The second-order valence-corrected chi connectivity index (χ2v) is 1.45. The molecular formula is C8H17N. The molecule has 0 rings (SSSR count). The van der Waals surface area contributed by atoms with Crippen molar-refractivity contribution in [1.82, 2.24) is 0 Å². The van der Waals surface area contributed by atoms with E-state index in [-0.39, 0.29) is 0 Å². The van der Waals surface area contributed by atoms with E-state index in [9.17, 15) is 0 Å². The molecule has 0 aliphatic carbocycles. The largest absolute Gasteiger partial charge is 0.297 e. The Bertz CT molecular complexity index is 82.6. The van der Waals surface area contributed by atoms with E-state index in [0.29, 0.717) is 0 Å². The monoisotopic (exact) mass is 127 g/mol. The van der Waals surface area contributed by atoms with E-state index in [0.717, 1.165) is 12.1 Å². The quantitative estimate of drug-likeness (QED) is 0.399. The Labute approximate surface area is 58.5 Å². The summed E-state index contributed by atoms with van der Waals surface area (Å²) in [6.07, 6.45) is 2.76. The van der Waals surface area contributed by atoms with Crippen molar-refractivity contribution >= 4 is 5.71 Å². The summed E-state index contributed by atoms with van der Waals surface area (Å²) in [6, 6.07) is 0. The van der Waals surface area contributed by atoms with Gasteiger partial charge in [0, 0.05) is 19.2 Å². The first-order valence-corrected chi connectivity index (χ1v) is 3.34. The van der Waals surface area contributed by atoms with Gasteiger partial charge in [-0.3, -0.25) is 4.99 Å². The maximum absolute atomic E-state index is 3.92. The van der Waals surface area contributed by atoms with Crippen molar-refractivity contribution in [2.24, 2.45) is 4.99 Å². The van der Waals surface area contributed by atoms with E-state index in [2.05, 4.69) is 11.6 Å². The SMILES string of the molecule is C=CCC(C)=NC.CC. The third-order valence-electron chi connectivity index (χ3n) is 0.821. The van der Waals surface area contributed by atoms with Gasteiger partial charge in [0.15, 0.2) is 0 Å². The normalized spacial score (nSPS) is 9.56. The van der Waals surface area contributed by atoms with E-state index >= 15 is 0 Å². The third-order valence-corrected chi connectivity index (χ3v) is 0.821. The maximum Gasteiger partial charge on any atom is 0.0276 e. The first-order chi connectivity index (χ1) is 4.31. The number of hydrogen-bond donors (Lipinski definition) is 0. The number of rotatable bonds is 2. The van der Waals surface area contributed by atoms with E-state index in [1.165, 1.54) is 0 Å². The topological polar surface area (TPSA) is 12.4 Å². The molecule has 0 spiro atoms. The molecule has 0 aromatic heterocycles. The van der Waals surface area contributed by atoms with Gasteiger partial charge in [0.1, 0.15) is 0 Å². The smallest absolute Gasteiger partial charge is 0.0276 e. The summed E-state index contributed by atoms with van der Waals surface area (Å²) in [5.41, 5.74) is 1.13. The van der Waals surface area contributed by atoms with Crippen molar-refractivity contribution in [2.45, 2.75) is 27.2 Å². The Hall–Kier alpha value is -0.590. The van der Waals surface area contributed by atoms with Gasteiger partial charge in [0.05, 0.1) is 0 Å². The molecule has 54 valence electrons. The molecule has 0 N–H and O–H groups in total. The average molecular weight is 127 g/mol. The molecule has 0 saturated heterocycles. The fourth-order valence-corrected chi connectivity index (χ4v) is 0.300. The predicted octanol–water partition coefficient (Wildman–Crippen LogP) is 2.68. The minimum Gasteiger partial charge on any atom is -0.297 e. The van der Waals surface area contributed by atoms with Crippen LogP contribution in [0.15, 0.2) is 17.6 Å². The van der Waals surface area contributed by atoms with Crippen molar-refractivity contribution in [1.29, 1.82) is 0 Å². The first-order valence-electron chi connectivity index (χ1n) is 3.34. The van der Waals surface area contributed by atoms with Gasteiger partial charge in [0.2, 0.25) is 0 Å². The lowest BCUT2D eigenvalue weighted by molar-refractivity contribution is 1.34. The lowest BCUT2D eigenvalue weighted by atomic mass is 10.3. The maximum atomic E-state index is 3.92. The molecule has 0 fully saturated rings. The molecule has 0 unspecified atom stereocenters. The molecule has 0 bridgehead atoms. The van der Waals surface area contributed by atoms with Crippen LogP contribution < -0.4 is 0 Å². The zero-order chi connectivity index (χ0) is 7.70. The third kappa shape index (κ3) is 11.2. The van der Waals surface area contributed by atoms with Gasteiger partial charge in [-0.2, -0.15) is 0 Å². The summed E-state index contributed by atoms with van der Waals surface area (Å²) < 4.78 is 0. The summed E-state index contributed by atoms with van der Waals surface area (Å²) in [7, 11) is 1.79. The molecule has 0 saturated carbocycles. The Kier molecular flexibility index (Phi) is 13.0. The van der Waals surface area contributed by atoms with Gasteiger partial charge in [-0.1, -0.05) is 19.9 Å². The highest BCUT2D eigenvalue weighted by molar-refractivity contribution is 5.82. The Balaban J connectivity index is 0. The summed E-state index contributed by atoms with van der Waals surface area (Å²) >= 11 is 0. The van der Waals surface area contributed by atoms with Crippen LogP contribution in [-0.4, -0.2) is 12.8 Å². The van der Waals surface area contributed by atoms with Crippen LogP contribution in [0, 0.1) is 0 Å². The van der Waals surface area contributed by atoms with Crippen molar-refractivity contribution < 1.29 is 0 Å². The van der Waals surface area contributed by atoms with E-state index < -0.39 is 0 Å². The standard InChI is InChI=1S/C6H11N.C2H6/c1-4-5-6(2)7-3;1-2/h4H,1,5H2,2-3H3;1-2H3. The molecule has 1 heteroatoms. The molecule has 0 amide bonds. The van der Waals surface area contributed by atoms with Crippen molar-refractivity contribution in [3.63, 3.8) is 0 Å². The van der Waals surface area contributed by atoms with E-state index in [4.69, 9.17) is 0 Å². The lowest BCUT2D eigenvalue weighted by Crippen LogP contribution is -1.84. The van der Waals surface area contributed by atoms with Gasteiger partial charge < -0.3 is 0 Å². The summed E-state index contributed by atoms with van der Waals surface area (Å²) in [4.78, 5) is 3.92. The van der Waals surface area contributed by atoms with Gasteiger partial charge in [-0.05, 0) is 6.92 Å². The van der Waals surface area contributed by atoms with Gasteiger partial charge in [-0.25, -0.2) is 0 Å². The summed E-state index contributed by atoms with van der Waals surface area (Å²) in [5.74, 6) is 0. The Morgan fingerprint density at radius 1 is 1.56 bits per heavy atom. The molecule has 0 heterocycles. The number of hydrogen-bond acceptors (Lipinski definition) is 1. The molecule has 1 nitrogen and oxygen atoms in total. The Morgan fingerprint density at radius 2 is 2.00 bits per heavy atom. The molecule has 0 aliphatic heterocycles. The molecule has 0 radical (unpaired) electrons. The zero-order valence-electron chi connectivity index (χ0n) is 6.94. The van der Waals surface area contributed by atoms with Crippen molar-refractivity contribution in [3.8, 4) is 0 Å². The minimum atomic E-state index is 0.913. The van der Waals surface area contributed by atoms with Gasteiger partial charge in [-0.15, -0.1) is 6.58 Å². The highest BCUT2D eigenvalue weighted by Crippen LogP contribution is 1.82. The van der Waals surface area contributed by atoms with Crippen LogP contribution in [0.1, 0.15) is 27.2 Å². The van der Waals surface area contributed by atoms with Crippen LogP contribution >= 0.6 is 0 Å². The molecule has 0 aliphatic rings. The zero-order valence-corrected chi connectivity index (χ0v) is 6.94. The molecule has 0 aromatic rings. The van der Waals surface area contributed by atoms with Crippen LogP contribution in [0.2, 0.25) is 0 Å². The van der Waals surface area contributed by atoms with Crippen molar-refractivity contribution in [3.05, 3.63) is 12.7 Å². The van der Waals surface area contributed by atoms with Crippen LogP contribution in [0.3, 0.4) is 0 Å². The van der Waals surface area contributed by atoms with Gasteiger partial charge >= 0.3 is 0 Å². The minimum absolute atomic E-state index is 0.913. The highest BCUT2D eigenvalue weighted by Gasteiger charge is 1.78. The van der Waals surface area contributed by atoms with Crippen molar-refractivity contribution in [2.75, 3.05) is 7.05 Å². The van der Waals surface area contributed by atoms with E-state index in [1.54, 1.807) is 7.05 Å². The molecular weight excluding hydrogens is 110 g/mol. The van der Waals surface area contributed by atoms with Crippen LogP contribution in [0.25, 0.3) is 0 Å². The number of nitrogens with zero attached hydrogens (tertiary/aromatic N) is 1. The Morgan fingerprint density at radius 3 is 2.11 bits per heavy atom. The number of aliphatic imine (C=N–C) groups is 1. The molecule has 9 heavy (non-hydrogen) atoms. The summed E-state index contributed by atoms with van der Waals surface area (Å²) in [6.45, 7) is 9.56. The highest BCUT2D eigenvalue weighted by atomic mass is 14.7. The van der Waals surface area contributed by atoms with E-state index in [1.807, 2.05) is 26.8 Å². The van der Waals surface area contributed by atoms with Crippen LogP contribution in [0.5, 0.6) is 0 Å². The van der Waals surface area contributed by atoms with Gasteiger partial charge in [0.25, 0.3) is 0 Å². The van der Waals surface area contributed by atoms with Crippen LogP contribution in [0.4, 0.5) is 0 Å². The molecule has 0 atom stereocenters. The van der Waals surface area contributed by atoms with Crippen LogP contribution in [-0.2, 0) is 0 Å². The summed E-state index contributed by atoms with van der Waals surface area (Å²) in [5, 5.41) is 0.